The van der Waals surface area contributed by atoms with Crippen molar-refractivity contribution in [2.45, 2.75) is 0 Å². The van der Waals surface area contributed by atoms with Gasteiger partial charge in [-0.05, 0) is 18.2 Å². The molecule has 0 unspecified atom stereocenters. The number of hydrogen-bond donors (Lipinski definition) is 0. The third-order valence-electron chi connectivity index (χ3n) is 1.76. The molecule has 72 valence electrons. The lowest BCUT2D eigenvalue weighted by Gasteiger charge is -2.18. The van der Waals surface area contributed by atoms with E-state index in [1.807, 2.05) is 42.7 Å². The van der Waals surface area contributed by atoms with Crippen molar-refractivity contribution in [2.75, 3.05) is 11.4 Å². The number of hydrogen-bond acceptors (Lipinski definition) is 2. The van der Waals surface area contributed by atoms with Gasteiger partial charge in [-0.25, -0.2) is 4.98 Å². The van der Waals surface area contributed by atoms with E-state index in [1.165, 1.54) is 0 Å². The summed E-state index contributed by atoms with van der Waals surface area (Å²) in [4.78, 5) is 6.34. The number of nitrogens with zero attached hydrogens (tertiary/aromatic N) is 2. The quantitative estimate of drug-likeness (QED) is 0.627. The van der Waals surface area contributed by atoms with Gasteiger partial charge in [-0.15, -0.1) is 13.2 Å². The Balaban J connectivity index is 0.000000461. The first-order valence-corrected chi connectivity index (χ1v) is 4.48. The average molecular weight is 186 g/mol. The number of anilines is 1. The summed E-state index contributed by atoms with van der Waals surface area (Å²) in [5.74, 6) is 0.998. The van der Waals surface area contributed by atoms with Gasteiger partial charge in [0.1, 0.15) is 5.82 Å². The Hall–Kier alpha value is -1.83. The Morgan fingerprint density at radius 3 is 2.64 bits per heavy atom. The van der Waals surface area contributed by atoms with Gasteiger partial charge in [-0.2, -0.15) is 0 Å². The zero-order chi connectivity index (χ0) is 10.2. The van der Waals surface area contributed by atoms with E-state index in [1.54, 1.807) is 0 Å². The minimum Gasteiger partial charge on any atom is -0.329 e. The Morgan fingerprint density at radius 1 is 1.21 bits per heavy atom. The molecule has 0 radical (unpaired) electrons. The van der Waals surface area contributed by atoms with Crippen LogP contribution >= 0.6 is 0 Å². The number of allylic oxidation sites excluding steroid dienone is 2. The molecule has 0 atom stereocenters. The van der Waals surface area contributed by atoms with Crippen LogP contribution in [-0.4, -0.2) is 11.5 Å². The second-order valence-electron chi connectivity index (χ2n) is 2.61. The van der Waals surface area contributed by atoms with Gasteiger partial charge < -0.3 is 4.90 Å². The molecule has 0 aliphatic carbocycles. The van der Waals surface area contributed by atoms with Crippen LogP contribution in [0.1, 0.15) is 0 Å². The van der Waals surface area contributed by atoms with E-state index in [2.05, 4.69) is 29.1 Å². The fourth-order valence-electron chi connectivity index (χ4n) is 1.16. The maximum atomic E-state index is 4.24. The van der Waals surface area contributed by atoms with E-state index in [0.29, 0.717) is 0 Å². The molecule has 2 nitrogen and oxygen atoms in total. The van der Waals surface area contributed by atoms with Crippen molar-refractivity contribution in [3.8, 4) is 0 Å². The summed E-state index contributed by atoms with van der Waals surface area (Å²) in [5, 5.41) is 0. The topological polar surface area (TPSA) is 16.1 Å². The van der Waals surface area contributed by atoms with Crippen molar-refractivity contribution in [1.29, 1.82) is 0 Å². The molecule has 14 heavy (non-hydrogen) atoms. The smallest absolute Gasteiger partial charge is 0.132 e. The third-order valence-corrected chi connectivity index (χ3v) is 1.76. The molecule has 2 heteroatoms. The van der Waals surface area contributed by atoms with Crippen LogP contribution in [0.5, 0.6) is 0 Å². The molecule has 0 spiro atoms. The zero-order valence-electron chi connectivity index (χ0n) is 8.13. The molecule has 0 N–H and O–H groups in total. The second kappa shape index (κ2) is 5.75. The van der Waals surface area contributed by atoms with Crippen LogP contribution in [-0.2, 0) is 0 Å². The molecule has 0 saturated heterocycles. The Kier molecular flexibility index (Phi) is 4.21. The summed E-state index contributed by atoms with van der Waals surface area (Å²) < 4.78 is 0. The summed E-state index contributed by atoms with van der Waals surface area (Å²) in [6.45, 7) is 6.91. The van der Waals surface area contributed by atoms with Crippen molar-refractivity contribution < 1.29 is 0 Å². The molecule has 0 aromatic carbocycles. The largest absolute Gasteiger partial charge is 0.329 e. The Labute approximate surface area is 84.9 Å². The molecule has 2 rings (SSSR count). The molecule has 1 aromatic rings. The van der Waals surface area contributed by atoms with Crippen LogP contribution in [0, 0.1) is 0 Å². The first-order valence-electron chi connectivity index (χ1n) is 4.48. The standard InChI is InChI=1S/C10H10N2.C2H4/c1-4-8-12(9-5-1)10-6-2-3-7-11-10;1-2/h1-8H,9H2;1-2H2. The lowest BCUT2D eigenvalue weighted by Crippen LogP contribution is -2.18. The highest BCUT2D eigenvalue weighted by molar-refractivity contribution is 5.44. The predicted molar refractivity (Wildman–Crippen MR) is 61.1 cm³/mol. The minimum absolute atomic E-state index is 0.910. The van der Waals surface area contributed by atoms with Crippen LogP contribution in [0.4, 0.5) is 5.82 Å². The van der Waals surface area contributed by atoms with Crippen molar-refractivity contribution in [3.63, 3.8) is 0 Å². The maximum absolute atomic E-state index is 4.24. The van der Waals surface area contributed by atoms with Crippen molar-refractivity contribution in [2.24, 2.45) is 0 Å². The van der Waals surface area contributed by atoms with Gasteiger partial charge in [0.25, 0.3) is 0 Å². The second-order valence-corrected chi connectivity index (χ2v) is 2.61. The first-order chi connectivity index (χ1) is 6.97. The Morgan fingerprint density at radius 2 is 2.07 bits per heavy atom. The summed E-state index contributed by atoms with van der Waals surface area (Å²) in [6, 6.07) is 5.92. The molecule has 2 heterocycles. The van der Waals surface area contributed by atoms with Crippen molar-refractivity contribution >= 4 is 5.82 Å². The molecule has 1 aliphatic rings. The zero-order valence-corrected chi connectivity index (χ0v) is 8.13. The molecular weight excluding hydrogens is 172 g/mol. The van der Waals surface area contributed by atoms with E-state index in [9.17, 15) is 0 Å². The summed E-state index contributed by atoms with van der Waals surface area (Å²) in [7, 11) is 0. The van der Waals surface area contributed by atoms with Gasteiger partial charge in [0.2, 0.25) is 0 Å². The summed E-state index contributed by atoms with van der Waals surface area (Å²) >= 11 is 0. The van der Waals surface area contributed by atoms with Crippen LogP contribution < -0.4 is 4.90 Å². The molecule has 1 aromatic heterocycles. The Bertz CT molecular complexity index is 314. The third kappa shape index (κ3) is 2.59. The number of pyridine rings is 1. The van der Waals surface area contributed by atoms with Gasteiger partial charge in [0.15, 0.2) is 0 Å². The molecule has 0 fully saturated rings. The van der Waals surface area contributed by atoms with Crippen LogP contribution in [0.2, 0.25) is 0 Å². The SMILES string of the molecule is C1=CCN(c2ccccn2)C=C1.C=C. The summed E-state index contributed by atoms with van der Waals surface area (Å²) in [5.41, 5.74) is 0. The van der Waals surface area contributed by atoms with E-state index in [-0.39, 0.29) is 0 Å². The lowest BCUT2D eigenvalue weighted by atomic mass is 10.3. The van der Waals surface area contributed by atoms with E-state index in [0.717, 1.165) is 12.4 Å². The minimum atomic E-state index is 0.910. The maximum Gasteiger partial charge on any atom is 0.132 e. The highest BCUT2D eigenvalue weighted by atomic mass is 15.2. The van der Waals surface area contributed by atoms with Gasteiger partial charge in [-0.1, -0.05) is 18.2 Å². The van der Waals surface area contributed by atoms with Gasteiger partial charge in [0.05, 0.1) is 0 Å². The monoisotopic (exact) mass is 186 g/mol. The molecule has 0 bridgehead atoms. The van der Waals surface area contributed by atoms with E-state index < -0.39 is 0 Å². The van der Waals surface area contributed by atoms with Crippen LogP contribution in [0.3, 0.4) is 0 Å². The predicted octanol–water partition coefficient (Wildman–Crippen LogP) is 2.77. The van der Waals surface area contributed by atoms with Gasteiger partial charge in [0, 0.05) is 18.9 Å². The fourth-order valence-corrected chi connectivity index (χ4v) is 1.16. The highest BCUT2D eigenvalue weighted by Crippen LogP contribution is 2.11. The van der Waals surface area contributed by atoms with Gasteiger partial charge >= 0.3 is 0 Å². The number of rotatable bonds is 1. The lowest BCUT2D eigenvalue weighted by molar-refractivity contribution is 1.03. The molecule has 0 amide bonds. The van der Waals surface area contributed by atoms with E-state index in [4.69, 9.17) is 0 Å². The van der Waals surface area contributed by atoms with E-state index >= 15 is 0 Å². The van der Waals surface area contributed by atoms with Crippen molar-refractivity contribution in [3.05, 3.63) is 62.0 Å². The highest BCUT2D eigenvalue weighted by Gasteiger charge is 2.01. The van der Waals surface area contributed by atoms with Crippen LogP contribution in [0.15, 0.2) is 62.0 Å². The normalized spacial score (nSPS) is 13.3. The van der Waals surface area contributed by atoms with Gasteiger partial charge in [-0.3, -0.25) is 0 Å². The number of aromatic nitrogens is 1. The summed E-state index contributed by atoms with van der Waals surface area (Å²) in [6.07, 6.45) is 10.00. The van der Waals surface area contributed by atoms with Crippen LogP contribution in [0.25, 0.3) is 0 Å². The molecule has 0 saturated carbocycles. The van der Waals surface area contributed by atoms with Crippen molar-refractivity contribution in [1.82, 2.24) is 4.98 Å². The molecule has 1 aliphatic heterocycles. The fraction of sp³-hybridized carbons (Fsp3) is 0.0833. The molecular formula is C12H14N2. The average Bonchev–Trinajstić information content (AvgIpc) is 2.34. The first kappa shape index (κ1) is 10.3.